The van der Waals surface area contributed by atoms with Crippen LogP contribution < -0.4 is 0 Å². The van der Waals surface area contributed by atoms with Gasteiger partial charge in [-0.2, -0.15) is 0 Å². The van der Waals surface area contributed by atoms with Crippen molar-refractivity contribution < 1.29 is 8.78 Å². The summed E-state index contributed by atoms with van der Waals surface area (Å²) >= 11 is 3.40. The molecule has 0 nitrogen and oxygen atoms in total. The summed E-state index contributed by atoms with van der Waals surface area (Å²) in [5.41, 5.74) is 2.86. The van der Waals surface area contributed by atoms with Gasteiger partial charge < -0.3 is 0 Å². The van der Waals surface area contributed by atoms with Gasteiger partial charge in [0.2, 0.25) is 0 Å². The molecule has 0 aliphatic carbocycles. The van der Waals surface area contributed by atoms with Crippen LogP contribution in [0.5, 0.6) is 0 Å². The van der Waals surface area contributed by atoms with Gasteiger partial charge in [0, 0.05) is 11.4 Å². The Morgan fingerprint density at radius 1 is 0.882 bits per heavy atom. The van der Waals surface area contributed by atoms with Crippen molar-refractivity contribution >= 4 is 15.9 Å². The molecule has 0 unspecified atom stereocenters. The molecule has 0 fully saturated rings. The van der Waals surface area contributed by atoms with Crippen molar-refractivity contribution in [3.63, 3.8) is 0 Å². The largest absolute Gasteiger partial charge is 0.207 e. The summed E-state index contributed by atoms with van der Waals surface area (Å²) in [6.45, 7) is 0. The molecular formula is C14H11BrF2. The fraction of sp³-hybridized carbons (Fsp3) is 0.143. The van der Waals surface area contributed by atoms with Crippen molar-refractivity contribution in [1.82, 2.24) is 0 Å². The summed E-state index contributed by atoms with van der Waals surface area (Å²) < 4.78 is 26.1. The molecule has 2 aromatic rings. The molecule has 3 heteroatoms. The molecule has 2 rings (SSSR count). The third kappa shape index (κ3) is 3.13. The Bertz CT molecular complexity index is 503. The highest BCUT2D eigenvalue weighted by Gasteiger charge is 2.05. The minimum Gasteiger partial charge on any atom is -0.207 e. The predicted molar refractivity (Wildman–Crippen MR) is 68.2 cm³/mol. The van der Waals surface area contributed by atoms with E-state index in [0.717, 1.165) is 22.5 Å². The van der Waals surface area contributed by atoms with E-state index in [-0.39, 0.29) is 0 Å². The Kier molecular flexibility index (Phi) is 3.89. The molecule has 0 N–H and O–H groups in total. The summed E-state index contributed by atoms with van der Waals surface area (Å²) in [7, 11) is 0. The second-order valence-electron chi connectivity index (χ2n) is 3.86. The number of hydrogen-bond acceptors (Lipinski definition) is 0. The maximum atomic E-state index is 13.1. The first-order valence-corrected chi connectivity index (χ1v) is 6.39. The van der Waals surface area contributed by atoms with Crippen molar-refractivity contribution in [2.24, 2.45) is 0 Å². The molecule has 17 heavy (non-hydrogen) atoms. The van der Waals surface area contributed by atoms with Gasteiger partial charge in [-0.3, -0.25) is 0 Å². The summed E-state index contributed by atoms with van der Waals surface area (Å²) in [5.74, 6) is -1.06. The Morgan fingerprint density at radius 3 is 2.06 bits per heavy atom. The molecule has 88 valence electrons. The molecule has 0 heterocycles. The molecule has 0 spiro atoms. The van der Waals surface area contributed by atoms with Gasteiger partial charge in [-0.15, -0.1) is 0 Å². The number of hydrogen-bond donors (Lipinski definition) is 0. The fourth-order valence-electron chi connectivity index (χ4n) is 1.79. The van der Waals surface area contributed by atoms with Crippen LogP contribution >= 0.6 is 15.9 Å². The van der Waals surface area contributed by atoms with Crippen LogP contribution in [0.15, 0.2) is 42.5 Å². The minimum absolute atomic E-state index is 0.531. The molecule has 0 aliphatic rings. The maximum absolute atomic E-state index is 13.1. The van der Waals surface area contributed by atoms with Gasteiger partial charge in [-0.25, -0.2) is 8.78 Å². The number of halogens is 3. The fourth-order valence-corrected chi connectivity index (χ4v) is 2.34. The van der Waals surface area contributed by atoms with Gasteiger partial charge in [0.1, 0.15) is 11.6 Å². The van der Waals surface area contributed by atoms with Crippen LogP contribution in [0.25, 0.3) is 0 Å². The zero-order valence-electron chi connectivity index (χ0n) is 9.09. The van der Waals surface area contributed by atoms with Gasteiger partial charge >= 0.3 is 0 Å². The van der Waals surface area contributed by atoms with E-state index in [1.165, 1.54) is 12.1 Å². The van der Waals surface area contributed by atoms with Crippen LogP contribution in [0.2, 0.25) is 0 Å². The Morgan fingerprint density at radius 2 is 1.47 bits per heavy atom. The number of benzene rings is 2. The second-order valence-corrected chi connectivity index (χ2v) is 4.42. The average Bonchev–Trinajstić information content (AvgIpc) is 2.28. The Hall–Kier alpha value is -1.22. The van der Waals surface area contributed by atoms with Crippen LogP contribution in [0, 0.1) is 11.6 Å². The van der Waals surface area contributed by atoms with Crippen LogP contribution in [-0.2, 0) is 11.8 Å². The van der Waals surface area contributed by atoms with Crippen molar-refractivity contribution in [2.75, 3.05) is 0 Å². The van der Waals surface area contributed by atoms with E-state index in [2.05, 4.69) is 15.9 Å². The van der Waals surface area contributed by atoms with Crippen molar-refractivity contribution in [3.8, 4) is 0 Å². The first kappa shape index (κ1) is 12.2. The normalized spacial score (nSPS) is 10.5. The molecule has 2 aromatic carbocycles. The first-order valence-electron chi connectivity index (χ1n) is 5.27. The lowest BCUT2D eigenvalue weighted by Crippen LogP contribution is -1.95. The monoisotopic (exact) mass is 296 g/mol. The first-order chi connectivity index (χ1) is 8.19. The van der Waals surface area contributed by atoms with E-state index in [1.54, 1.807) is 0 Å². The highest BCUT2D eigenvalue weighted by atomic mass is 79.9. The van der Waals surface area contributed by atoms with Crippen LogP contribution in [0.4, 0.5) is 8.78 Å². The van der Waals surface area contributed by atoms with E-state index in [4.69, 9.17) is 0 Å². The van der Waals surface area contributed by atoms with Gasteiger partial charge in [-0.1, -0.05) is 40.2 Å². The summed E-state index contributed by atoms with van der Waals surface area (Å²) in [5, 5.41) is 0.737. The van der Waals surface area contributed by atoms with Crippen LogP contribution in [0.1, 0.15) is 16.7 Å². The van der Waals surface area contributed by atoms with E-state index in [0.29, 0.717) is 12.0 Å². The SMILES string of the molecule is Fc1cc(F)cc(Cc2ccccc2CBr)c1. The molecular weight excluding hydrogens is 286 g/mol. The van der Waals surface area contributed by atoms with Crippen LogP contribution in [-0.4, -0.2) is 0 Å². The zero-order valence-corrected chi connectivity index (χ0v) is 10.7. The number of alkyl halides is 1. The van der Waals surface area contributed by atoms with Crippen molar-refractivity contribution in [2.45, 2.75) is 11.8 Å². The van der Waals surface area contributed by atoms with E-state index < -0.39 is 11.6 Å². The molecule has 0 saturated carbocycles. The minimum atomic E-state index is -0.531. The molecule has 0 radical (unpaired) electrons. The maximum Gasteiger partial charge on any atom is 0.126 e. The average molecular weight is 297 g/mol. The molecule has 0 amide bonds. The van der Waals surface area contributed by atoms with Gasteiger partial charge in [0.25, 0.3) is 0 Å². The third-order valence-corrected chi connectivity index (χ3v) is 3.18. The summed E-state index contributed by atoms with van der Waals surface area (Å²) in [6.07, 6.45) is 0.538. The van der Waals surface area contributed by atoms with Gasteiger partial charge in [-0.05, 0) is 35.2 Å². The molecule has 0 saturated heterocycles. The Balaban J connectivity index is 2.31. The number of rotatable bonds is 3. The topological polar surface area (TPSA) is 0 Å². The molecule has 0 aromatic heterocycles. The summed E-state index contributed by atoms with van der Waals surface area (Å²) in [6, 6.07) is 11.5. The standard InChI is InChI=1S/C14H11BrF2/c15-9-12-4-2-1-3-11(12)5-10-6-13(16)8-14(17)7-10/h1-4,6-8H,5,9H2. The van der Waals surface area contributed by atoms with Gasteiger partial charge in [0.05, 0.1) is 0 Å². The lowest BCUT2D eigenvalue weighted by Gasteiger charge is -2.07. The lowest BCUT2D eigenvalue weighted by atomic mass is 10.0. The smallest absolute Gasteiger partial charge is 0.126 e. The zero-order chi connectivity index (χ0) is 12.3. The van der Waals surface area contributed by atoms with Crippen molar-refractivity contribution in [3.05, 3.63) is 70.8 Å². The highest BCUT2D eigenvalue weighted by molar-refractivity contribution is 9.08. The molecule has 0 bridgehead atoms. The van der Waals surface area contributed by atoms with E-state index >= 15 is 0 Å². The van der Waals surface area contributed by atoms with E-state index in [9.17, 15) is 8.78 Å². The van der Waals surface area contributed by atoms with E-state index in [1.807, 2.05) is 24.3 Å². The molecule has 0 atom stereocenters. The summed E-state index contributed by atoms with van der Waals surface area (Å²) in [4.78, 5) is 0. The predicted octanol–water partition coefficient (Wildman–Crippen LogP) is 4.45. The van der Waals surface area contributed by atoms with Crippen LogP contribution in [0.3, 0.4) is 0 Å². The second kappa shape index (κ2) is 5.41. The lowest BCUT2D eigenvalue weighted by molar-refractivity contribution is 0.580. The third-order valence-electron chi connectivity index (χ3n) is 2.58. The highest BCUT2D eigenvalue weighted by Crippen LogP contribution is 2.18. The molecule has 0 aliphatic heterocycles. The quantitative estimate of drug-likeness (QED) is 0.734. The van der Waals surface area contributed by atoms with Crippen molar-refractivity contribution in [1.29, 1.82) is 0 Å². The van der Waals surface area contributed by atoms with Gasteiger partial charge in [0.15, 0.2) is 0 Å². The Labute approximate surface area is 107 Å².